The lowest BCUT2D eigenvalue weighted by Gasteiger charge is -2.13. The quantitative estimate of drug-likeness (QED) is 0.421. The summed E-state index contributed by atoms with van der Waals surface area (Å²) in [5.74, 6) is -0.651. The van der Waals surface area contributed by atoms with E-state index >= 15 is 0 Å². The van der Waals surface area contributed by atoms with E-state index in [9.17, 15) is 14.4 Å². The first-order valence-corrected chi connectivity index (χ1v) is 10.7. The molecule has 5 nitrogen and oxygen atoms in total. The summed E-state index contributed by atoms with van der Waals surface area (Å²) in [6.07, 6.45) is 2.34. The number of halogens is 1. The van der Waals surface area contributed by atoms with Crippen molar-refractivity contribution in [2.45, 2.75) is 19.9 Å². The number of fused-ring (bicyclic) bond motifs is 1. The van der Waals surface area contributed by atoms with E-state index in [1.54, 1.807) is 65.2 Å². The van der Waals surface area contributed by atoms with Gasteiger partial charge >= 0.3 is 0 Å². The van der Waals surface area contributed by atoms with Gasteiger partial charge in [-0.2, -0.15) is 0 Å². The topological polar surface area (TPSA) is 68.2 Å². The number of pyridine rings is 1. The third-order valence-electron chi connectivity index (χ3n) is 5.30. The Morgan fingerprint density at radius 2 is 1.62 bits per heavy atom. The maximum Gasteiger partial charge on any atom is 0.244 e. The molecule has 0 fully saturated rings. The first-order chi connectivity index (χ1) is 15.5. The number of aryl methyl sites for hydroxylation is 1. The number of nitrogens with one attached hydrogen (secondary N) is 1. The first-order valence-electron chi connectivity index (χ1n) is 10.3. The van der Waals surface area contributed by atoms with E-state index in [1.807, 2.05) is 19.1 Å². The molecule has 0 radical (unpaired) electrons. The van der Waals surface area contributed by atoms with E-state index in [2.05, 4.69) is 5.32 Å². The molecule has 6 heteroatoms. The molecule has 1 heterocycles. The van der Waals surface area contributed by atoms with Gasteiger partial charge in [0.2, 0.25) is 11.3 Å². The van der Waals surface area contributed by atoms with E-state index in [1.165, 1.54) is 6.20 Å². The number of aromatic nitrogens is 1. The highest BCUT2D eigenvalue weighted by Crippen LogP contribution is 2.17. The molecule has 1 N–H and O–H groups in total. The van der Waals surface area contributed by atoms with Crippen LogP contribution < -0.4 is 10.7 Å². The predicted octanol–water partition coefficient (Wildman–Crippen LogP) is 5.09. The van der Waals surface area contributed by atoms with Gasteiger partial charge in [0, 0.05) is 27.9 Å². The molecule has 0 aliphatic heterocycles. The standard InChI is InChI=1S/C26H21ClN2O3/c1-2-17-7-9-18(10-8-17)25(31)22-15-29(23-6-4-3-5-21(23)26(22)32)16-24(30)28-20-13-11-19(27)12-14-20/h3-15H,2,16H2,1H3,(H,28,30). The monoisotopic (exact) mass is 444 g/mol. The van der Waals surface area contributed by atoms with Crippen LogP contribution in [0.15, 0.2) is 83.8 Å². The third-order valence-corrected chi connectivity index (χ3v) is 5.55. The van der Waals surface area contributed by atoms with Gasteiger partial charge in [-0.05, 0) is 48.4 Å². The fourth-order valence-corrected chi connectivity index (χ4v) is 3.70. The molecule has 0 spiro atoms. The second-order valence-electron chi connectivity index (χ2n) is 7.45. The van der Waals surface area contributed by atoms with Crippen molar-refractivity contribution in [2.75, 3.05) is 5.32 Å². The average molecular weight is 445 g/mol. The summed E-state index contributed by atoms with van der Waals surface area (Å²) in [5.41, 5.74) is 2.42. The summed E-state index contributed by atoms with van der Waals surface area (Å²) in [5, 5.41) is 3.77. The van der Waals surface area contributed by atoms with Crippen LogP contribution in [0.5, 0.6) is 0 Å². The number of nitrogens with zero attached hydrogens (tertiary/aromatic N) is 1. The van der Waals surface area contributed by atoms with Crippen LogP contribution in [0.25, 0.3) is 10.9 Å². The van der Waals surface area contributed by atoms with Crippen molar-refractivity contribution in [3.05, 3.63) is 111 Å². The van der Waals surface area contributed by atoms with E-state index in [4.69, 9.17) is 11.6 Å². The second kappa shape index (κ2) is 9.20. The lowest BCUT2D eigenvalue weighted by atomic mass is 10.0. The van der Waals surface area contributed by atoms with Crippen LogP contribution in [0.4, 0.5) is 5.69 Å². The van der Waals surface area contributed by atoms with Crippen LogP contribution in [0.3, 0.4) is 0 Å². The van der Waals surface area contributed by atoms with E-state index < -0.39 is 0 Å². The van der Waals surface area contributed by atoms with Gasteiger partial charge in [-0.3, -0.25) is 14.4 Å². The highest BCUT2D eigenvalue weighted by molar-refractivity contribution is 6.30. The Morgan fingerprint density at radius 3 is 2.31 bits per heavy atom. The van der Waals surface area contributed by atoms with Gasteiger partial charge < -0.3 is 9.88 Å². The van der Waals surface area contributed by atoms with E-state index in [-0.39, 0.29) is 29.2 Å². The third kappa shape index (κ3) is 4.48. The normalized spacial score (nSPS) is 10.8. The summed E-state index contributed by atoms with van der Waals surface area (Å²) >= 11 is 5.89. The van der Waals surface area contributed by atoms with Crippen molar-refractivity contribution in [1.29, 1.82) is 0 Å². The number of amides is 1. The van der Waals surface area contributed by atoms with Crippen LogP contribution >= 0.6 is 11.6 Å². The van der Waals surface area contributed by atoms with Crippen molar-refractivity contribution < 1.29 is 9.59 Å². The highest BCUT2D eigenvalue weighted by Gasteiger charge is 2.18. The molecule has 4 rings (SSSR count). The van der Waals surface area contributed by atoms with Crippen LogP contribution in [0.2, 0.25) is 5.02 Å². The number of hydrogen-bond acceptors (Lipinski definition) is 3. The summed E-state index contributed by atoms with van der Waals surface area (Å²) in [4.78, 5) is 38.9. The van der Waals surface area contributed by atoms with Crippen LogP contribution in [-0.2, 0) is 17.8 Å². The number of ketones is 1. The number of hydrogen-bond donors (Lipinski definition) is 1. The molecular formula is C26H21ClN2O3. The Morgan fingerprint density at radius 1 is 0.938 bits per heavy atom. The maximum absolute atomic E-state index is 13.1. The molecule has 0 saturated heterocycles. The maximum atomic E-state index is 13.1. The van der Waals surface area contributed by atoms with Crippen LogP contribution in [0, 0.1) is 0 Å². The molecule has 1 aromatic heterocycles. The van der Waals surface area contributed by atoms with Crippen molar-refractivity contribution in [3.8, 4) is 0 Å². The fourth-order valence-electron chi connectivity index (χ4n) is 3.57. The molecule has 0 aliphatic rings. The molecule has 32 heavy (non-hydrogen) atoms. The summed E-state index contributed by atoms with van der Waals surface area (Å²) in [6, 6.07) is 21.0. The van der Waals surface area contributed by atoms with E-state index in [0.717, 1.165) is 12.0 Å². The van der Waals surface area contributed by atoms with Gasteiger partial charge in [-0.15, -0.1) is 0 Å². The molecule has 0 saturated carbocycles. The minimum atomic E-state index is -0.365. The van der Waals surface area contributed by atoms with Crippen molar-refractivity contribution >= 4 is 39.9 Å². The van der Waals surface area contributed by atoms with Crippen LogP contribution in [0.1, 0.15) is 28.4 Å². The van der Waals surface area contributed by atoms with Crippen LogP contribution in [-0.4, -0.2) is 16.3 Å². The lowest BCUT2D eigenvalue weighted by molar-refractivity contribution is -0.116. The van der Waals surface area contributed by atoms with Crippen molar-refractivity contribution in [3.63, 3.8) is 0 Å². The Hall–Kier alpha value is -3.70. The SMILES string of the molecule is CCc1ccc(C(=O)c2cn(CC(=O)Nc3ccc(Cl)cc3)c3ccccc3c2=O)cc1. The Balaban J connectivity index is 1.71. The molecule has 1 amide bonds. The molecule has 0 bridgehead atoms. The zero-order valence-electron chi connectivity index (χ0n) is 17.5. The minimum absolute atomic E-state index is 0.0345. The fraction of sp³-hybridized carbons (Fsp3) is 0.115. The minimum Gasteiger partial charge on any atom is -0.337 e. The summed E-state index contributed by atoms with van der Waals surface area (Å²) in [6.45, 7) is 1.98. The molecule has 0 aliphatic carbocycles. The van der Waals surface area contributed by atoms with Crippen molar-refractivity contribution in [2.24, 2.45) is 0 Å². The Labute approximate surface area is 190 Å². The molecule has 4 aromatic rings. The summed E-state index contributed by atoms with van der Waals surface area (Å²) < 4.78 is 1.63. The Kier molecular flexibility index (Phi) is 6.19. The zero-order chi connectivity index (χ0) is 22.7. The van der Waals surface area contributed by atoms with Gasteiger partial charge in [0.1, 0.15) is 6.54 Å². The van der Waals surface area contributed by atoms with Crippen molar-refractivity contribution in [1.82, 2.24) is 4.57 Å². The smallest absolute Gasteiger partial charge is 0.244 e. The van der Waals surface area contributed by atoms with Gasteiger partial charge in [-0.1, -0.05) is 54.9 Å². The molecule has 0 atom stereocenters. The van der Waals surface area contributed by atoms with Gasteiger partial charge in [0.05, 0.1) is 11.1 Å². The Bertz CT molecular complexity index is 1360. The average Bonchev–Trinajstić information content (AvgIpc) is 2.82. The number of carbonyl (C=O) groups excluding carboxylic acids is 2. The number of para-hydroxylation sites is 1. The lowest BCUT2D eigenvalue weighted by Crippen LogP contribution is -2.24. The van der Waals surface area contributed by atoms with Gasteiger partial charge in [-0.25, -0.2) is 0 Å². The number of rotatable bonds is 6. The zero-order valence-corrected chi connectivity index (χ0v) is 18.2. The van der Waals surface area contributed by atoms with Gasteiger partial charge in [0.15, 0.2) is 5.78 Å². The largest absolute Gasteiger partial charge is 0.337 e. The number of benzene rings is 3. The first kappa shape index (κ1) is 21.5. The van der Waals surface area contributed by atoms with Gasteiger partial charge in [0.25, 0.3) is 0 Å². The molecular weight excluding hydrogens is 424 g/mol. The molecule has 0 unspecified atom stereocenters. The molecule has 3 aromatic carbocycles. The van der Waals surface area contributed by atoms with E-state index in [0.29, 0.717) is 27.2 Å². The highest BCUT2D eigenvalue weighted by atomic mass is 35.5. The predicted molar refractivity (Wildman–Crippen MR) is 128 cm³/mol. The summed E-state index contributed by atoms with van der Waals surface area (Å²) in [7, 11) is 0. The number of anilines is 1. The number of carbonyl (C=O) groups is 2. The molecule has 160 valence electrons. The second-order valence-corrected chi connectivity index (χ2v) is 7.89.